The fourth-order valence-corrected chi connectivity index (χ4v) is 3.02. The highest BCUT2D eigenvalue weighted by atomic mass is 16.1. The molecule has 2 heteroatoms. The molecule has 138 valence electrons. The Hall–Kier alpha value is -2.35. The number of rotatable bonds is 6. The Morgan fingerprint density at radius 3 is 1.81 bits per heavy atom. The van der Waals surface area contributed by atoms with Crippen LogP contribution in [0.25, 0.3) is 6.08 Å². The molecule has 0 aromatic heterocycles. The lowest BCUT2D eigenvalue weighted by Crippen LogP contribution is -2.13. The zero-order valence-electron chi connectivity index (χ0n) is 16.8. The van der Waals surface area contributed by atoms with E-state index in [1.54, 1.807) is 6.08 Å². The summed E-state index contributed by atoms with van der Waals surface area (Å²) in [5.74, 6) is 1.14. The third kappa shape index (κ3) is 5.08. The van der Waals surface area contributed by atoms with Gasteiger partial charge < -0.3 is 5.32 Å². The SMILES string of the molecule is CC(C)c1ccc(C=CC(=O)Nc2c(C(C)C)cccc2C(C)C)cc1. The van der Waals surface area contributed by atoms with E-state index in [1.165, 1.54) is 16.7 Å². The number of benzene rings is 2. The molecule has 2 rings (SSSR count). The van der Waals surface area contributed by atoms with Gasteiger partial charge in [0.25, 0.3) is 0 Å². The fraction of sp³-hybridized carbons (Fsp3) is 0.375. The van der Waals surface area contributed by atoms with Crippen molar-refractivity contribution < 1.29 is 4.79 Å². The van der Waals surface area contributed by atoms with Crippen LogP contribution in [0.3, 0.4) is 0 Å². The third-order valence-corrected chi connectivity index (χ3v) is 4.65. The summed E-state index contributed by atoms with van der Waals surface area (Å²) in [7, 11) is 0. The van der Waals surface area contributed by atoms with E-state index in [0.717, 1.165) is 11.3 Å². The highest BCUT2D eigenvalue weighted by Crippen LogP contribution is 2.32. The molecule has 26 heavy (non-hydrogen) atoms. The molecule has 0 aliphatic heterocycles. The van der Waals surface area contributed by atoms with E-state index in [1.807, 2.05) is 6.08 Å². The van der Waals surface area contributed by atoms with Gasteiger partial charge in [-0.25, -0.2) is 0 Å². The number of para-hydroxylation sites is 1. The molecule has 0 fully saturated rings. The van der Waals surface area contributed by atoms with Crippen LogP contribution in [-0.2, 0) is 4.79 Å². The van der Waals surface area contributed by atoms with E-state index in [0.29, 0.717) is 17.8 Å². The predicted molar refractivity (Wildman–Crippen MR) is 113 cm³/mol. The second-order valence-corrected chi connectivity index (χ2v) is 7.76. The monoisotopic (exact) mass is 349 g/mol. The van der Waals surface area contributed by atoms with E-state index >= 15 is 0 Å². The summed E-state index contributed by atoms with van der Waals surface area (Å²) in [6, 6.07) is 14.6. The summed E-state index contributed by atoms with van der Waals surface area (Å²) in [6.45, 7) is 13.0. The van der Waals surface area contributed by atoms with Gasteiger partial charge in [-0.3, -0.25) is 4.79 Å². The summed E-state index contributed by atoms with van der Waals surface area (Å²) in [5.41, 5.74) is 5.66. The molecule has 0 saturated carbocycles. The molecule has 1 N–H and O–H groups in total. The summed E-state index contributed by atoms with van der Waals surface area (Å²) >= 11 is 0. The number of amides is 1. The molecule has 2 aromatic carbocycles. The van der Waals surface area contributed by atoms with Gasteiger partial charge in [0.15, 0.2) is 0 Å². The van der Waals surface area contributed by atoms with Gasteiger partial charge in [-0.2, -0.15) is 0 Å². The molecule has 0 bridgehead atoms. The van der Waals surface area contributed by atoms with Crippen LogP contribution in [-0.4, -0.2) is 5.91 Å². The van der Waals surface area contributed by atoms with Crippen molar-refractivity contribution in [2.24, 2.45) is 0 Å². The predicted octanol–water partition coefficient (Wildman–Crippen LogP) is 6.71. The zero-order valence-corrected chi connectivity index (χ0v) is 16.8. The molecular weight excluding hydrogens is 318 g/mol. The lowest BCUT2D eigenvalue weighted by Gasteiger charge is -2.19. The van der Waals surface area contributed by atoms with Gasteiger partial charge in [0.1, 0.15) is 0 Å². The molecule has 0 aliphatic rings. The molecule has 0 saturated heterocycles. The maximum absolute atomic E-state index is 12.5. The smallest absolute Gasteiger partial charge is 0.248 e. The topological polar surface area (TPSA) is 29.1 Å². The van der Waals surface area contributed by atoms with Gasteiger partial charge in [-0.05, 0) is 46.1 Å². The molecule has 0 aliphatic carbocycles. The number of nitrogens with one attached hydrogen (secondary N) is 1. The quantitative estimate of drug-likeness (QED) is 0.577. The second kappa shape index (κ2) is 8.84. The Bertz CT molecular complexity index is 741. The Morgan fingerprint density at radius 1 is 0.808 bits per heavy atom. The molecule has 0 atom stereocenters. The summed E-state index contributed by atoms with van der Waals surface area (Å²) in [6.07, 6.45) is 3.48. The Balaban J connectivity index is 2.19. The van der Waals surface area contributed by atoms with Gasteiger partial charge >= 0.3 is 0 Å². The summed E-state index contributed by atoms with van der Waals surface area (Å²) in [5, 5.41) is 3.12. The van der Waals surface area contributed by atoms with Gasteiger partial charge in [-0.15, -0.1) is 0 Å². The van der Waals surface area contributed by atoms with Crippen molar-refractivity contribution in [1.82, 2.24) is 0 Å². The lowest BCUT2D eigenvalue weighted by atomic mass is 9.92. The Kier molecular flexibility index (Phi) is 6.79. The number of carbonyl (C=O) groups is 1. The van der Waals surface area contributed by atoms with Crippen molar-refractivity contribution in [1.29, 1.82) is 0 Å². The van der Waals surface area contributed by atoms with Crippen LogP contribution < -0.4 is 5.32 Å². The Labute approximate surface area is 158 Å². The first-order valence-corrected chi connectivity index (χ1v) is 9.51. The van der Waals surface area contributed by atoms with Gasteiger partial charge in [0.2, 0.25) is 5.91 Å². The first-order chi connectivity index (χ1) is 12.3. The lowest BCUT2D eigenvalue weighted by molar-refractivity contribution is -0.111. The first-order valence-electron chi connectivity index (χ1n) is 9.51. The van der Waals surface area contributed by atoms with Crippen LogP contribution in [0.2, 0.25) is 0 Å². The molecule has 1 amide bonds. The van der Waals surface area contributed by atoms with Crippen LogP contribution in [0, 0.1) is 0 Å². The standard InChI is InChI=1S/C24H31NO/c1-16(2)20-13-10-19(11-14-20)12-15-23(26)25-24-21(17(3)4)8-7-9-22(24)18(5)6/h7-18H,1-6H3,(H,25,26). The van der Waals surface area contributed by atoms with E-state index in [9.17, 15) is 4.79 Å². The molecule has 0 heterocycles. The minimum absolute atomic E-state index is 0.0899. The molecule has 0 unspecified atom stereocenters. The fourth-order valence-electron chi connectivity index (χ4n) is 3.02. The van der Waals surface area contributed by atoms with Gasteiger partial charge in [-0.1, -0.05) is 84.0 Å². The third-order valence-electron chi connectivity index (χ3n) is 4.65. The molecule has 2 aromatic rings. The van der Waals surface area contributed by atoms with Gasteiger partial charge in [0.05, 0.1) is 0 Å². The zero-order chi connectivity index (χ0) is 19.3. The normalized spacial score (nSPS) is 11.7. The molecular formula is C24H31NO. The van der Waals surface area contributed by atoms with Crippen molar-refractivity contribution in [3.05, 3.63) is 70.8 Å². The highest BCUT2D eigenvalue weighted by Gasteiger charge is 2.14. The van der Waals surface area contributed by atoms with Crippen molar-refractivity contribution in [2.75, 3.05) is 5.32 Å². The highest BCUT2D eigenvalue weighted by molar-refractivity contribution is 6.03. The summed E-state index contributed by atoms with van der Waals surface area (Å²) in [4.78, 5) is 12.5. The largest absolute Gasteiger partial charge is 0.322 e. The average molecular weight is 350 g/mol. The van der Waals surface area contributed by atoms with Crippen LogP contribution in [0.4, 0.5) is 5.69 Å². The summed E-state index contributed by atoms with van der Waals surface area (Å²) < 4.78 is 0. The minimum atomic E-state index is -0.0899. The van der Waals surface area contributed by atoms with E-state index in [2.05, 4.69) is 89.3 Å². The number of carbonyl (C=O) groups excluding carboxylic acids is 1. The van der Waals surface area contributed by atoms with Crippen LogP contribution in [0.15, 0.2) is 48.5 Å². The van der Waals surface area contributed by atoms with Crippen molar-refractivity contribution >= 4 is 17.7 Å². The van der Waals surface area contributed by atoms with E-state index in [4.69, 9.17) is 0 Å². The molecule has 0 radical (unpaired) electrons. The Morgan fingerprint density at radius 2 is 1.35 bits per heavy atom. The van der Waals surface area contributed by atoms with Crippen LogP contribution >= 0.6 is 0 Å². The molecule has 2 nitrogen and oxygen atoms in total. The van der Waals surface area contributed by atoms with Crippen LogP contribution in [0.1, 0.15) is 81.5 Å². The molecule has 0 spiro atoms. The maximum Gasteiger partial charge on any atom is 0.248 e. The van der Waals surface area contributed by atoms with E-state index < -0.39 is 0 Å². The number of hydrogen-bond donors (Lipinski definition) is 1. The van der Waals surface area contributed by atoms with Crippen LogP contribution in [0.5, 0.6) is 0 Å². The van der Waals surface area contributed by atoms with Crippen molar-refractivity contribution in [3.8, 4) is 0 Å². The average Bonchev–Trinajstić information content (AvgIpc) is 2.60. The van der Waals surface area contributed by atoms with Gasteiger partial charge in [0, 0.05) is 11.8 Å². The first kappa shape index (κ1) is 20.0. The number of anilines is 1. The number of hydrogen-bond acceptors (Lipinski definition) is 1. The minimum Gasteiger partial charge on any atom is -0.322 e. The maximum atomic E-state index is 12.5. The van der Waals surface area contributed by atoms with Crippen molar-refractivity contribution in [3.63, 3.8) is 0 Å². The van der Waals surface area contributed by atoms with Crippen molar-refractivity contribution in [2.45, 2.75) is 59.3 Å². The van der Waals surface area contributed by atoms with E-state index in [-0.39, 0.29) is 5.91 Å². The second-order valence-electron chi connectivity index (χ2n) is 7.76.